The van der Waals surface area contributed by atoms with E-state index in [4.69, 9.17) is 5.11 Å². The molecule has 1 rings (SSSR count). The Kier molecular flexibility index (Phi) is 3.21. The smallest absolute Gasteiger partial charge is 0.0878 e. The Morgan fingerprint density at radius 3 is 2.50 bits per heavy atom. The minimum absolute atomic E-state index is 0.150. The van der Waals surface area contributed by atoms with Crippen molar-refractivity contribution in [2.75, 3.05) is 6.61 Å². The van der Waals surface area contributed by atoms with Gasteiger partial charge in [-0.05, 0) is 39.0 Å². The number of aliphatic hydroxyl groups is 4. The lowest BCUT2D eigenvalue weighted by Gasteiger charge is -2.42. The molecule has 0 saturated heterocycles. The number of aliphatic hydroxyl groups excluding tert-OH is 2. The quantitative estimate of drug-likeness (QED) is 0.495. The van der Waals surface area contributed by atoms with Crippen LogP contribution in [0.3, 0.4) is 0 Å². The standard InChI is InChI=1S/C10H20O4/c1-9(13)4-3-7(5-8(9)12)10(2,14)6-11/h7-8,11-14H,3-6H2,1-2H3/t7-,8-,9-,10-/m1/s1. The summed E-state index contributed by atoms with van der Waals surface area (Å²) in [5.74, 6) is -0.150. The monoisotopic (exact) mass is 204 g/mol. The first-order valence-corrected chi connectivity index (χ1v) is 5.03. The van der Waals surface area contributed by atoms with E-state index in [2.05, 4.69) is 0 Å². The lowest BCUT2D eigenvalue weighted by Crippen LogP contribution is -2.50. The predicted molar refractivity (Wildman–Crippen MR) is 51.7 cm³/mol. The molecule has 0 heterocycles. The third kappa shape index (κ3) is 2.25. The van der Waals surface area contributed by atoms with E-state index in [9.17, 15) is 15.3 Å². The first-order valence-electron chi connectivity index (χ1n) is 5.03. The molecule has 1 fully saturated rings. The molecular weight excluding hydrogens is 184 g/mol. The maximum Gasteiger partial charge on any atom is 0.0878 e. The Labute approximate surface area is 84.2 Å². The molecule has 4 heteroatoms. The molecule has 0 aromatic heterocycles. The van der Waals surface area contributed by atoms with E-state index in [-0.39, 0.29) is 12.5 Å². The van der Waals surface area contributed by atoms with Crippen LogP contribution >= 0.6 is 0 Å². The number of hydrogen-bond acceptors (Lipinski definition) is 4. The third-order valence-electron chi connectivity index (χ3n) is 3.42. The highest BCUT2D eigenvalue weighted by atomic mass is 16.3. The molecule has 1 aliphatic carbocycles. The minimum Gasteiger partial charge on any atom is -0.393 e. The van der Waals surface area contributed by atoms with Crippen LogP contribution in [0.5, 0.6) is 0 Å². The molecule has 0 aromatic rings. The van der Waals surface area contributed by atoms with Crippen molar-refractivity contribution in [1.82, 2.24) is 0 Å². The normalized spacial score (nSPS) is 43.3. The minimum atomic E-state index is -1.16. The average Bonchev–Trinajstić information content (AvgIpc) is 2.09. The Hall–Kier alpha value is -0.160. The lowest BCUT2D eigenvalue weighted by molar-refractivity contribution is -0.139. The van der Waals surface area contributed by atoms with Crippen LogP contribution in [-0.4, -0.2) is 44.3 Å². The maximum atomic E-state index is 9.79. The molecule has 84 valence electrons. The molecule has 0 aromatic carbocycles. The molecule has 0 spiro atoms. The van der Waals surface area contributed by atoms with Crippen molar-refractivity contribution in [2.45, 2.75) is 50.4 Å². The molecule has 1 saturated carbocycles. The summed E-state index contributed by atoms with van der Waals surface area (Å²) in [6.07, 6.45) is 0.590. The summed E-state index contributed by atoms with van der Waals surface area (Å²) in [5.41, 5.74) is -2.21. The molecule has 0 aliphatic heterocycles. The summed E-state index contributed by atoms with van der Waals surface area (Å²) in [6, 6.07) is 0. The van der Waals surface area contributed by atoms with Gasteiger partial charge in [-0.3, -0.25) is 0 Å². The highest BCUT2D eigenvalue weighted by Gasteiger charge is 2.43. The summed E-state index contributed by atoms with van der Waals surface area (Å²) in [6.45, 7) is 2.85. The van der Waals surface area contributed by atoms with E-state index in [1.54, 1.807) is 13.8 Å². The van der Waals surface area contributed by atoms with E-state index < -0.39 is 17.3 Å². The van der Waals surface area contributed by atoms with Crippen LogP contribution in [0.25, 0.3) is 0 Å². The van der Waals surface area contributed by atoms with Gasteiger partial charge in [0.2, 0.25) is 0 Å². The highest BCUT2D eigenvalue weighted by Crippen LogP contribution is 2.37. The first-order chi connectivity index (χ1) is 6.29. The Bertz CT molecular complexity index is 200. The fourth-order valence-corrected chi connectivity index (χ4v) is 1.97. The van der Waals surface area contributed by atoms with E-state index in [1.807, 2.05) is 0 Å². The molecule has 0 radical (unpaired) electrons. The highest BCUT2D eigenvalue weighted by molar-refractivity contribution is 4.95. The van der Waals surface area contributed by atoms with Crippen molar-refractivity contribution < 1.29 is 20.4 Å². The molecule has 4 atom stereocenters. The van der Waals surface area contributed by atoms with Gasteiger partial charge in [-0.25, -0.2) is 0 Å². The molecule has 0 bridgehead atoms. The third-order valence-corrected chi connectivity index (χ3v) is 3.42. The van der Waals surface area contributed by atoms with Gasteiger partial charge in [-0.2, -0.15) is 0 Å². The summed E-state index contributed by atoms with van der Waals surface area (Å²) < 4.78 is 0. The van der Waals surface area contributed by atoms with Crippen molar-refractivity contribution >= 4 is 0 Å². The summed E-state index contributed by atoms with van der Waals surface area (Å²) in [4.78, 5) is 0. The Morgan fingerprint density at radius 2 is 2.07 bits per heavy atom. The zero-order chi connectivity index (χ0) is 11.0. The average molecular weight is 204 g/mol. The summed E-state index contributed by atoms with van der Waals surface area (Å²) in [5, 5.41) is 38.1. The molecule has 4 N–H and O–H groups in total. The number of rotatable bonds is 2. The lowest BCUT2D eigenvalue weighted by atomic mass is 9.71. The van der Waals surface area contributed by atoms with E-state index in [0.29, 0.717) is 19.3 Å². The van der Waals surface area contributed by atoms with Gasteiger partial charge >= 0.3 is 0 Å². The van der Waals surface area contributed by atoms with Crippen molar-refractivity contribution in [1.29, 1.82) is 0 Å². The second-order valence-corrected chi connectivity index (χ2v) is 4.86. The molecule has 0 amide bonds. The van der Waals surface area contributed by atoms with Gasteiger partial charge in [0.15, 0.2) is 0 Å². The second-order valence-electron chi connectivity index (χ2n) is 4.86. The Balaban J connectivity index is 2.63. The van der Waals surface area contributed by atoms with Gasteiger partial charge in [0, 0.05) is 0 Å². The summed E-state index contributed by atoms with van der Waals surface area (Å²) >= 11 is 0. The zero-order valence-electron chi connectivity index (χ0n) is 8.77. The van der Waals surface area contributed by atoms with Crippen LogP contribution in [0.4, 0.5) is 0 Å². The Morgan fingerprint density at radius 1 is 1.50 bits per heavy atom. The topological polar surface area (TPSA) is 80.9 Å². The predicted octanol–water partition coefficient (Wildman–Crippen LogP) is -0.358. The molecular formula is C10H20O4. The van der Waals surface area contributed by atoms with Crippen LogP contribution in [0.2, 0.25) is 0 Å². The van der Waals surface area contributed by atoms with E-state index >= 15 is 0 Å². The largest absolute Gasteiger partial charge is 0.393 e. The van der Waals surface area contributed by atoms with E-state index in [1.165, 1.54) is 0 Å². The van der Waals surface area contributed by atoms with Crippen LogP contribution < -0.4 is 0 Å². The maximum absolute atomic E-state index is 9.79. The fraction of sp³-hybridized carbons (Fsp3) is 1.00. The van der Waals surface area contributed by atoms with Crippen molar-refractivity contribution in [2.24, 2.45) is 5.92 Å². The molecule has 1 aliphatic rings. The van der Waals surface area contributed by atoms with Crippen LogP contribution in [0, 0.1) is 5.92 Å². The van der Waals surface area contributed by atoms with Gasteiger partial charge in [0.1, 0.15) is 0 Å². The first kappa shape index (κ1) is 11.9. The summed E-state index contributed by atoms with van der Waals surface area (Å²) in [7, 11) is 0. The fourth-order valence-electron chi connectivity index (χ4n) is 1.97. The van der Waals surface area contributed by atoms with Gasteiger partial charge in [-0.1, -0.05) is 0 Å². The van der Waals surface area contributed by atoms with Crippen molar-refractivity contribution in [3.8, 4) is 0 Å². The van der Waals surface area contributed by atoms with Gasteiger partial charge in [-0.15, -0.1) is 0 Å². The second kappa shape index (κ2) is 3.77. The molecule has 0 unspecified atom stereocenters. The van der Waals surface area contributed by atoms with Gasteiger partial charge < -0.3 is 20.4 Å². The number of hydrogen-bond donors (Lipinski definition) is 4. The van der Waals surface area contributed by atoms with Gasteiger partial charge in [0.05, 0.1) is 23.9 Å². The van der Waals surface area contributed by atoms with Crippen LogP contribution in [-0.2, 0) is 0 Å². The SMILES string of the molecule is C[C@@](O)(CO)[C@@H]1CC[C@@](C)(O)[C@H](O)C1. The van der Waals surface area contributed by atoms with Crippen LogP contribution in [0.15, 0.2) is 0 Å². The van der Waals surface area contributed by atoms with Crippen molar-refractivity contribution in [3.05, 3.63) is 0 Å². The van der Waals surface area contributed by atoms with Crippen LogP contribution in [0.1, 0.15) is 33.1 Å². The molecule has 14 heavy (non-hydrogen) atoms. The van der Waals surface area contributed by atoms with Crippen molar-refractivity contribution in [3.63, 3.8) is 0 Å². The molecule has 4 nitrogen and oxygen atoms in total. The van der Waals surface area contributed by atoms with E-state index in [0.717, 1.165) is 0 Å². The zero-order valence-corrected chi connectivity index (χ0v) is 8.77. The van der Waals surface area contributed by atoms with Gasteiger partial charge in [0.25, 0.3) is 0 Å².